The van der Waals surface area contributed by atoms with E-state index >= 15 is 0 Å². The van der Waals surface area contributed by atoms with Crippen LogP contribution in [0.15, 0.2) is 0 Å². The van der Waals surface area contributed by atoms with Crippen LogP contribution in [0, 0.1) is 23.7 Å². The zero-order chi connectivity index (χ0) is 12.0. The molecule has 1 N–H and O–H groups in total. The smallest absolute Gasteiger partial charge is 0.0275 e. The van der Waals surface area contributed by atoms with Crippen LogP contribution in [0.2, 0.25) is 0 Å². The second-order valence-corrected chi connectivity index (χ2v) is 6.80. The third-order valence-electron chi connectivity index (χ3n) is 5.50. The molecule has 4 bridgehead atoms. The quantitative estimate of drug-likeness (QED) is 0.809. The van der Waals surface area contributed by atoms with Crippen molar-refractivity contribution in [2.24, 2.45) is 23.7 Å². The molecule has 4 rings (SSSR count). The average Bonchev–Trinajstić information content (AvgIpc) is 2.28. The van der Waals surface area contributed by atoms with Crippen molar-refractivity contribution in [1.82, 2.24) is 10.2 Å². The summed E-state index contributed by atoms with van der Waals surface area (Å²) in [6, 6.07) is 1.57. The van der Waals surface area contributed by atoms with Gasteiger partial charge < -0.3 is 5.32 Å². The van der Waals surface area contributed by atoms with Crippen LogP contribution in [-0.2, 0) is 0 Å². The first-order valence-electron chi connectivity index (χ1n) is 7.69. The normalized spacial score (nSPS) is 48.7. The van der Waals surface area contributed by atoms with Gasteiger partial charge in [0.25, 0.3) is 0 Å². The molecule has 3 aliphatic heterocycles. The van der Waals surface area contributed by atoms with Crippen molar-refractivity contribution in [1.29, 1.82) is 0 Å². The standard InChI is InChI=1S/C15H28N2/c1-4-16-14-13-11-6-5-7-12(13)9-17(8-11)15(14)10(2)3/h10-16H,4-9H2,1-3H3. The van der Waals surface area contributed by atoms with Crippen LogP contribution in [0.5, 0.6) is 0 Å². The maximum atomic E-state index is 3.83. The lowest BCUT2D eigenvalue weighted by Crippen LogP contribution is -2.71. The van der Waals surface area contributed by atoms with Gasteiger partial charge in [0.2, 0.25) is 0 Å². The van der Waals surface area contributed by atoms with E-state index in [0.717, 1.165) is 42.3 Å². The summed E-state index contributed by atoms with van der Waals surface area (Å²) < 4.78 is 0. The van der Waals surface area contributed by atoms with Crippen LogP contribution < -0.4 is 5.32 Å². The highest BCUT2D eigenvalue weighted by Crippen LogP contribution is 2.48. The summed E-state index contributed by atoms with van der Waals surface area (Å²) in [6.45, 7) is 11.0. The summed E-state index contributed by atoms with van der Waals surface area (Å²) in [6.07, 6.45) is 4.47. The van der Waals surface area contributed by atoms with Crippen molar-refractivity contribution in [2.45, 2.75) is 52.1 Å². The number of likely N-dealkylation sites (N-methyl/N-ethyl adjacent to an activating group) is 1. The van der Waals surface area contributed by atoms with Crippen LogP contribution in [0.4, 0.5) is 0 Å². The molecule has 0 aromatic carbocycles. The minimum absolute atomic E-state index is 0.776. The summed E-state index contributed by atoms with van der Waals surface area (Å²) in [5.74, 6) is 3.78. The second kappa shape index (κ2) is 4.55. The zero-order valence-corrected chi connectivity index (χ0v) is 11.7. The first kappa shape index (κ1) is 12.0. The first-order valence-corrected chi connectivity index (χ1v) is 7.69. The highest BCUT2D eigenvalue weighted by molar-refractivity contribution is 5.07. The SMILES string of the molecule is CCNC1C2C3CCCC2CN(C3)C1C(C)C. The van der Waals surface area contributed by atoms with Gasteiger partial charge >= 0.3 is 0 Å². The van der Waals surface area contributed by atoms with Crippen molar-refractivity contribution in [3.05, 3.63) is 0 Å². The number of nitrogens with zero attached hydrogens (tertiary/aromatic N) is 1. The molecule has 98 valence electrons. The van der Waals surface area contributed by atoms with Gasteiger partial charge in [-0.1, -0.05) is 27.2 Å². The third-order valence-corrected chi connectivity index (χ3v) is 5.50. The Labute approximate surface area is 106 Å². The van der Waals surface area contributed by atoms with Crippen LogP contribution in [0.3, 0.4) is 0 Å². The van der Waals surface area contributed by atoms with Gasteiger partial charge in [0.1, 0.15) is 0 Å². The average molecular weight is 236 g/mol. The number of rotatable bonds is 3. The Morgan fingerprint density at radius 1 is 1.18 bits per heavy atom. The molecule has 0 aromatic heterocycles. The first-order chi connectivity index (χ1) is 8.22. The Morgan fingerprint density at radius 2 is 1.82 bits per heavy atom. The molecule has 3 heterocycles. The molecule has 0 aromatic rings. The van der Waals surface area contributed by atoms with Gasteiger partial charge in [-0.05, 0) is 43.1 Å². The fraction of sp³-hybridized carbons (Fsp3) is 1.00. The Balaban J connectivity index is 1.86. The van der Waals surface area contributed by atoms with E-state index in [0.29, 0.717) is 0 Å². The number of hydrogen-bond donors (Lipinski definition) is 1. The second-order valence-electron chi connectivity index (χ2n) is 6.80. The van der Waals surface area contributed by atoms with Crippen molar-refractivity contribution in [3.63, 3.8) is 0 Å². The summed E-state index contributed by atoms with van der Waals surface area (Å²) in [5, 5.41) is 3.83. The molecular weight excluding hydrogens is 208 g/mol. The number of hydrogen-bond acceptors (Lipinski definition) is 2. The topological polar surface area (TPSA) is 15.3 Å². The predicted molar refractivity (Wildman–Crippen MR) is 72.0 cm³/mol. The molecule has 0 spiro atoms. The van der Waals surface area contributed by atoms with Gasteiger partial charge in [-0.25, -0.2) is 0 Å². The molecule has 17 heavy (non-hydrogen) atoms. The molecule has 2 heteroatoms. The lowest BCUT2D eigenvalue weighted by molar-refractivity contribution is -0.105. The minimum Gasteiger partial charge on any atom is -0.312 e. The molecule has 1 saturated carbocycles. The maximum absolute atomic E-state index is 3.83. The van der Waals surface area contributed by atoms with Crippen LogP contribution in [0.1, 0.15) is 40.0 Å². The lowest BCUT2D eigenvalue weighted by atomic mass is 9.59. The van der Waals surface area contributed by atoms with E-state index in [1.807, 2.05) is 0 Å². The largest absolute Gasteiger partial charge is 0.312 e. The summed E-state index contributed by atoms with van der Waals surface area (Å²) in [7, 11) is 0. The zero-order valence-electron chi connectivity index (χ0n) is 11.7. The van der Waals surface area contributed by atoms with E-state index in [-0.39, 0.29) is 0 Å². The van der Waals surface area contributed by atoms with Gasteiger partial charge in [-0.15, -0.1) is 0 Å². The predicted octanol–water partition coefficient (Wildman–Crippen LogP) is 2.35. The van der Waals surface area contributed by atoms with E-state index < -0.39 is 0 Å². The Bertz CT molecular complexity index is 262. The third kappa shape index (κ3) is 1.84. The Morgan fingerprint density at radius 3 is 2.35 bits per heavy atom. The molecule has 2 nitrogen and oxygen atoms in total. The molecule has 4 atom stereocenters. The molecule has 4 unspecified atom stereocenters. The Hall–Kier alpha value is -0.0800. The van der Waals surface area contributed by atoms with Gasteiger partial charge in [0.05, 0.1) is 0 Å². The maximum Gasteiger partial charge on any atom is 0.0275 e. The van der Waals surface area contributed by atoms with Crippen molar-refractivity contribution >= 4 is 0 Å². The summed E-state index contributed by atoms with van der Waals surface area (Å²) in [5.41, 5.74) is 0. The summed E-state index contributed by atoms with van der Waals surface area (Å²) in [4.78, 5) is 2.83. The molecule has 0 amide bonds. The lowest BCUT2D eigenvalue weighted by Gasteiger charge is -2.61. The summed E-state index contributed by atoms with van der Waals surface area (Å²) >= 11 is 0. The minimum atomic E-state index is 0.776. The van der Waals surface area contributed by atoms with E-state index in [4.69, 9.17) is 0 Å². The van der Waals surface area contributed by atoms with Crippen LogP contribution >= 0.6 is 0 Å². The van der Waals surface area contributed by atoms with Crippen LogP contribution in [0.25, 0.3) is 0 Å². The van der Waals surface area contributed by atoms with Gasteiger partial charge in [-0.2, -0.15) is 0 Å². The Kier molecular flexibility index (Phi) is 3.20. The molecule has 3 saturated heterocycles. The van der Waals surface area contributed by atoms with Gasteiger partial charge in [-0.3, -0.25) is 4.90 Å². The number of piperidine rings is 3. The van der Waals surface area contributed by atoms with Crippen molar-refractivity contribution in [3.8, 4) is 0 Å². The fourth-order valence-corrected chi connectivity index (χ4v) is 5.13. The van der Waals surface area contributed by atoms with E-state index in [1.54, 1.807) is 0 Å². The molecule has 0 radical (unpaired) electrons. The highest BCUT2D eigenvalue weighted by atomic mass is 15.2. The van der Waals surface area contributed by atoms with Gasteiger partial charge in [0.15, 0.2) is 0 Å². The molecule has 4 aliphatic rings. The monoisotopic (exact) mass is 236 g/mol. The van der Waals surface area contributed by atoms with E-state index in [1.165, 1.54) is 32.4 Å². The molecule has 1 aliphatic carbocycles. The van der Waals surface area contributed by atoms with Crippen molar-refractivity contribution < 1.29 is 0 Å². The molecule has 4 fully saturated rings. The fourth-order valence-electron chi connectivity index (χ4n) is 5.13. The number of fused-ring (bicyclic) bond motifs is 1. The van der Waals surface area contributed by atoms with E-state index in [9.17, 15) is 0 Å². The van der Waals surface area contributed by atoms with Gasteiger partial charge in [0, 0.05) is 25.2 Å². The van der Waals surface area contributed by atoms with E-state index in [2.05, 4.69) is 31.0 Å². The molecular formula is C15H28N2. The van der Waals surface area contributed by atoms with Crippen LogP contribution in [-0.4, -0.2) is 36.6 Å². The highest BCUT2D eigenvalue weighted by Gasteiger charge is 2.53. The number of nitrogens with one attached hydrogen (secondary N) is 1. The van der Waals surface area contributed by atoms with Crippen molar-refractivity contribution in [2.75, 3.05) is 19.6 Å².